The van der Waals surface area contributed by atoms with Gasteiger partial charge in [-0.25, -0.2) is 0 Å². The van der Waals surface area contributed by atoms with E-state index in [-0.39, 0.29) is 24.5 Å². The second kappa shape index (κ2) is 7.01. The highest BCUT2D eigenvalue weighted by Gasteiger charge is 2.38. The van der Waals surface area contributed by atoms with E-state index in [9.17, 15) is 14.7 Å². The second-order valence-corrected chi connectivity index (χ2v) is 6.38. The summed E-state index contributed by atoms with van der Waals surface area (Å²) in [4.78, 5) is 10.4. The Bertz CT molecular complexity index is 486. The Hall–Kier alpha value is -0.940. The van der Waals surface area contributed by atoms with Gasteiger partial charge in [0.1, 0.15) is 0 Å². The Kier molecular flexibility index (Phi) is 5.94. The molecular weight excluding hydrogens is 293 g/mol. The molecule has 0 radical (unpaired) electrons. The first-order valence-electron chi connectivity index (χ1n) is 5.72. The van der Waals surface area contributed by atoms with Crippen LogP contribution in [0.2, 0.25) is 0 Å². The van der Waals surface area contributed by atoms with Gasteiger partial charge in [0.15, 0.2) is 5.12 Å². The van der Waals surface area contributed by atoms with Gasteiger partial charge in [-0.2, -0.15) is 0 Å². The molecule has 0 N–H and O–H groups in total. The summed E-state index contributed by atoms with van der Waals surface area (Å²) in [5.41, 5.74) is -0.0819. The number of rotatable bonds is 7. The molecule has 6 nitrogen and oxygen atoms in total. The van der Waals surface area contributed by atoms with Crippen molar-refractivity contribution >= 4 is 24.9 Å². The van der Waals surface area contributed by atoms with Crippen molar-refractivity contribution in [3.8, 4) is 0 Å². The Morgan fingerprint density at radius 2 is 1.84 bits per heavy atom. The van der Waals surface area contributed by atoms with Crippen LogP contribution in [0.4, 0.5) is 5.69 Å². The molecule has 0 saturated carbocycles. The van der Waals surface area contributed by atoms with Crippen molar-refractivity contribution in [2.24, 2.45) is 0 Å². The molecule has 0 fully saturated rings. The maximum atomic E-state index is 12.5. The fraction of sp³-hybridized carbons (Fsp3) is 0.455. The molecule has 0 amide bonds. The average molecular weight is 308 g/mol. The first-order chi connectivity index (χ1) is 8.96. The Balaban J connectivity index is 3.20. The van der Waals surface area contributed by atoms with E-state index in [0.29, 0.717) is 0 Å². The van der Waals surface area contributed by atoms with Gasteiger partial charge >= 0.3 is 7.60 Å². The summed E-state index contributed by atoms with van der Waals surface area (Å²) in [6.45, 7) is 3.58. The third kappa shape index (κ3) is 3.76. The van der Waals surface area contributed by atoms with E-state index in [0.717, 1.165) is 0 Å². The standard InChI is InChI=1S/C11H15ClNO5P/c1-3-17-19(16,18-4-2)11(12)9-7-5-6-8-10(9)13(14)15/h5-8,11H,3-4H2,1-2H3. The molecule has 0 saturated heterocycles. The van der Waals surface area contributed by atoms with Gasteiger partial charge < -0.3 is 9.05 Å². The van der Waals surface area contributed by atoms with E-state index in [1.165, 1.54) is 18.2 Å². The van der Waals surface area contributed by atoms with Crippen LogP contribution in [0.1, 0.15) is 24.5 Å². The largest absolute Gasteiger partial charge is 0.353 e. The summed E-state index contributed by atoms with van der Waals surface area (Å²) in [5.74, 6) is 0. The van der Waals surface area contributed by atoms with Gasteiger partial charge in [-0.05, 0) is 19.9 Å². The predicted molar refractivity (Wildman–Crippen MR) is 72.5 cm³/mol. The van der Waals surface area contributed by atoms with Gasteiger partial charge in [0.05, 0.1) is 23.7 Å². The maximum absolute atomic E-state index is 12.5. The molecule has 1 aromatic carbocycles. The zero-order valence-corrected chi connectivity index (χ0v) is 12.3. The van der Waals surface area contributed by atoms with Gasteiger partial charge in [0, 0.05) is 6.07 Å². The fourth-order valence-electron chi connectivity index (χ4n) is 1.55. The van der Waals surface area contributed by atoms with Gasteiger partial charge in [-0.1, -0.05) is 12.1 Å². The molecule has 0 bridgehead atoms. The molecule has 1 atom stereocenters. The molecule has 0 aliphatic rings. The van der Waals surface area contributed by atoms with Gasteiger partial charge in [-0.3, -0.25) is 14.7 Å². The lowest BCUT2D eigenvalue weighted by Gasteiger charge is -2.21. The quantitative estimate of drug-likeness (QED) is 0.328. The van der Waals surface area contributed by atoms with Crippen molar-refractivity contribution < 1.29 is 18.5 Å². The number of alkyl halides is 1. The lowest BCUT2D eigenvalue weighted by atomic mass is 10.2. The summed E-state index contributed by atoms with van der Waals surface area (Å²) in [6, 6.07) is 5.84. The minimum Gasteiger partial charge on any atom is -0.308 e. The van der Waals surface area contributed by atoms with Crippen molar-refractivity contribution in [1.29, 1.82) is 0 Å². The molecule has 0 aliphatic carbocycles. The van der Waals surface area contributed by atoms with Gasteiger partial charge in [-0.15, -0.1) is 11.6 Å². The second-order valence-electron chi connectivity index (χ2n) is 3.53. The number of hydrogen-bond acceptors (Lipinski definition) is 5. The molecule has 0 heterocycles. The summed E-state index contributed by atoms with van der Waals surface area (Å²) in [6.07, 6.45) is 0. The van der Waals surface area contributed by atoms with Crippen molar-refractivity contribution in [2.75, 3.05) is 13.2 Å². The first kappa shape index (κ1) is 16.1. The number of nitro benzene ring substituents is 1. The van der Waals surface area contributed by atoms with Crippen LogP contribution >= 0.6 is 19.2 Å². The van der Waals surface area contributed by atoms with Crippen molar-refractivity contribution in [1.82, 2.24) is 0 Å². The highest BCUT2D eigenvalue weighted by atomic mass is 35.5. The van der Waals surface area contributed by atoms with Gasteiger partial charge in [0.2, 0.25) is 0 Å². The van der Waals surface area contributed by atoms with Crippen LogP contribution in [0.15, 0.2) is 24.3 Å². The monoisotopic (exact) mass is 307 g/mol. The summed E-state index contributed by atoms with van der Waals surface area (Å²) in [5, 5.41) is 9.73. The fourth-order valence-corrected chi connectivity index (χ4v) is 3.69. The molecule has 106 valence electrons. The van der Waals surface area contributed by atoms with E-state index in [4.69, 9.17) is 20.6 Å². The highest BCUT2D eigenvalue weighted by Crippen LogP contribution is 2.64. The molecule has 8 heteroatoms. The Labute approximate surface area is 116 Å². The van der Waals surface area contributed by atoms with Crippen molar-refractivity contribution in [3.05, 3.63) is 39.9 Å². The van der Waals surface area contributed by atoms with Crippen LogP contribution in [0.3, 0.4) is 0 Å². The number of nitrogens with zero attached hydrogens (tertiary/aromatic N) is 1. The summed E-state index contributed by atoms with van der Waals surface area (Å²) >= 11 is 6.10. The number of hydrogen-bond donors (Lipinski definition) is 0. The molecule has 19 heavy (non-hydrogen) atoms. The molecule has 0 spiro atoms. The third-order valence-corrected chi connectivity index (χ3v) is 5.31. The molecule has 1 unspecified atom stereocenters. The Morgan fingerprint density at radius 1 is 1.32 bits per heavy atom. The Morgan fingerprint density at radius 3 is 2.32 bits per heavy atom. The van der Waals surface area contributed by atoms with Crippen LogP contribution < -0.4 is 0 Å². The number of nitro groups is 1. The highest BCUT2D eigenvalue weighted by molar-refractivity contribution is 7.56. The predicted octanol–water partition coefficient (Wildman–Crippen LogP) is 4.10. The number of halogens is 1. The lowest BCUT2D eigenvalue weighted by molar-refractivity contribution is -0.385. The topological polar surface area (TPSA) is 78.7 Å². The summed E-state index contributed by atoms with van der Waals surface area (Å²) in [7, 11) is -3.64. The minimum atomic E-state index is -3.64. The minimum absolute atomic E-state index is 0.124. The van der Waals surface area contributed by atoms with E-state index in [1.54, 1.807) is 19.9 Å². The van der Waals surface area contributed by atoms with E-state index >= 15 is 0 Å². The molecule has 0 aromatic heterocycles. The van der Waals surface area contributed by atoms with Crippen LogP contribution in [-0.2, 0) is 13.6 Å². The van der Waals surface area contributed by atoms with Crippen molar-refractivity contribution in [2.45, 2.75) is 19.0 Å². The number of benzene rings is 1. The normalized spacial score (nSPS) is 13.2. The average Bonchev–Trinajstić information content (AvgIpc) is 2.38. The van der Waals surface area contributed by atoms with E-state index < -0.39 is 17.6 Å². The lowest BCUT2D eigenvalue weighted by Crippen LogP contribution is -2.04. The molecule has 1 rings (SSSR count). The van der Waals surface area contributed by atoms with Crippen LogP contribution in [0, 0.1) is 10.1 Å². The van der Waals surface area contributed by atoms with Crippen LogP contribution in [0.5, 0.6) is 0 Å². The zero-order chi connectivity index (χ0) is 14.5. The number of para-hydroxylation sites is 1. The SMILES string of the molecule is CCOP(=O)(OCC)C(Cl)c1ccccc1[N+](=O)[O-]. The molecule has 0 aliphatic heterocycles. The maximum Gasteiger partial charge on any atom is 0.353 e. The van der Waals surface area contributed by atoms with Gasteiger partial charge in [0.25, 0.3) is 5.69 Å². The van der Waals surface area contributed by atoms with Crippen LogP contribution in [0.25, 0.3) is 0 Å². The van der Waals surface area contributed by atoms with Crippen molar-refractivity contribution in [3.63, 3.8) is 0 Å². The molecule has 1 aromatic rings. The third-order valence-electron chi connectivity index (χ3n) is 2.29. The molecular formula is C11H15ClNO5P. The smallest absolute Gasteiger partial charge is 0.308 e. The van der Waals surface area contributed by atoms with E-state index in [1.807, 2.05) is 0 Å². The van der Waals surface area contributed by atoms with Crippen LogP contribution in [-0.4, -0.2) is 18.1 Å². The summed E-state index contributed by atoms with van der Waals surface area (Å²) < 4.78 is 22.7. The zero-order valence-electron chi connectivity index (χ0n) is 10.6. The first-order valence-corrected chi connectivity index (χ1v) is 7.77. The van der Waals surface area contributed by atoms with E-state index in [2.05, 4.69) is 0 Å².